The van der Waals surface area contributed by atoms with Crippen LogP contribution in [-0.4, -0.2) is 5.97 Å². The standard InChI is InChI=1S/C33H22N4O2/c38-33(24-11-5-1-6-12-24)39-32-22-31(28-14-8-3-9-15-29(28)32)37-35-26-19-17-25(18-20-26)34-36-30-21-16-23-10-4-2-7-13-27(23)30/h1-22H. The van der Waals surface area contributed by atoms with Crippen LogP contribution in [0.4, 0.5) is 22.7 Å². The lowest BCUT2D eigenvalue weighted by atomic mass is 10.2. The van der Waals surface area contributed by atoms with E-state index in [1.54, 1.807) is 30.3 Å². The summed E-state index contributed by atoms with van der Waals surface area (Å²) in [6, 6.07) is 41.6. The Morgan fingerprint density at radius 3 is 1.74 bits per heavy atom. The summed E-state index contributed by atoms with van der Waals surface area (Å²) in [5.74, 6) is 0.0132. The Hall–Kier alpha value is -5.49. The number of carbonyl (C=O) groups is 1. The Morgan fingerprint density at radius 2 is 1.05 bits per heavy atom. The second-order valence-corrected chi connectivity index (χ2v) is 8.80. The predicted octanol–water partition coefficient (Wildman–Crippen LogP) is 9.95. The molecule has 186 valence electrons. The fourth-order valence-corrected chi connectivity index (χ4v) is 4.26. The van der Waals surface area contributed by atoms with Gasteiger partial charge in [-0.2, -0.15) is 10.2 Å². The van der Waals surface area contributed by atoms with Crippen LogP contribution in [0.25, 0.3) is 22.3 Å². The summed E-state index contributed by atoms with van der Waals surface area (Å²) in [5.41, 5.74) is 7.08. The molecule has 0 spiro atoms. The highest BCUT2D eigenvalue weighted by molar-refractivity contribution is 5.94. The summed E-state index contributed by atoms with van der Waals surface area (Å²) in [5, 5.41) is 17.7. The molecule has 0 aromatic heterocycles. The molecule has 0 saturated heterocycles. The topological polar surface area (TPSA) is 75.7 Å². The quantitative estimate of drug-likeness (QED) is 0.166. The lowest BCUT2D eigenvalue weighted by Gasteiger charge is -2.04. The molecule has 0 N–H and O–H groups in total. The number of benzene rings is 2. The van der Waals surface area contributed by atoms with Gasteiger partial charge in [0, 0.05) is 22.8 Å². The minimum atomic E-state index is -0.425. The van der Waals surface area contributed by atoms with Gasteiger partial charge in [-0.3, -0.25) is 0 Å². The van der Waals surface area contributed by atoms with Crippen molar-refractivity contribution in [3.63, 3.8) is 0 Å². The number of carbonyl (C=O) groups excluding carboxylic acids is 1. The molecule has 0 fully saturated rings. The van der Waals surface area contributed by atoms with Crippen molar-refractivity contribution >= 4 is 28.7 Å². The molecule has 0 saturated carbocycles. The Morgan fingerprint density at radius 1 is 0.487 bits per heavy atom. The maximum absolute atomic E-state index is 12.7. The second kappa shape index (κ2) is 10.9. The Bertz CT molecular complexity index is 1740. The summed E-state index contributed by atoms with van der Waals surface area (Å²) < 4.78 is 5.73. The molecule has 0 unspecified atom stereocenters. The van der Waals surface area contributed by atoms with Crippen LogP contribution in [0, 0.1) is 0 Å². The fraction of sp³-hybridized carbons (Fsp3) is 0. The smallest absolute Gasteiger partial charge is 0.343 e. The Labute approximate surface area is 225 Å². The maximum Gasteiger partial charge on any atom is 0.343 e. The molecule has 0 aliphatic heterocycles. The summed E-state index contributed by atoms with van der Waals surface area (Å²) in [4.78, 5) is 12.7. The van der Waals surface area contributed by atoms with Crippen molar-refractivity contribution in [3.05, 3.63) is 139 Å². The molecule has 0 amide bonds. The van der Waals surface area contributed by atoms with Crippen LogP contribution in [0.3, 0.4) is 0 Å². The van der Waals surface area contributed by atoms with Crippen molar-refractivity contribution in [1.82, 2.24) is 0 Å². The third kappa shape index (κ3) is 5.31. The van der Waals surface area contributed by atoms with Gasteiger partial charge < -0.3 is 4.74 Å². The average molecular weight is 507 g/mol. The number of hydrogen-bond donors (Lipinski definition) is 0. The van der Waals surface area contributed by atoms with Crippen LogP contribution in [0.15, 0.2) is 154 Å². The van der Waals surface area contributed by atoms with Gasteiger partial charge in [-0.05, 0) is 48.0 Å². The Kier molecular flexibility index (Phi) is 6.65. The highest BCUT2D eigenvalue weighted by Gasteiger charge is 2.19. The van der Waals surface area contributed by atoms with Gasteiger partial charge in [-0.25, -0.2) is 4.79 Å². The molecule has 6 nitrogen and oxygen atoms in total. The van der Waals surface area contributed by atoms with E-state index in [2.05, 4.69) is 26.5 Å². The molecule has 0 bridgehead atoms. The van der Waals surface area contributed by atoms with Crippen LogP contribution in [0.5, 0.6) is 5.75 Å². The molecule has 2 aromatic rings. The van der Waals surface area contributed by atoms with Crippen molar-refractivity contribution in [3.8, 4) is 28.0 Å². The molecule has 0 atom stereocenters. The lowest BCUT2D eigenvalue weighted by Crippen LogP contribution is -2.07. The first-order chi connectivity index (χ1) is 19.2. The number of rotatable bonds is 6. The summed E-state index contributed by atoms with van der Waals surface area (Å²) in [6.45, 7) is 0. The van der Waals surface area contributed by atoms with E-state index < -0.39 is 5.97 Å². The van der Waals surface area contributed by atoms with Gasteiger partial charge in [0.25, 0.3) is 0 Å². The molecule has 0 heterocycles. The molecule has 2 aromatic carbocycles. The average Bonchev–Trinajstić information content (AvgIpc) is 3.26. The molecule has 6 heteroatoms. The van der Waals surface area contributed by atoms with Gasteiger partial charge in [-0.1, -0.05) is 84.9 Å². The van der Waals surface area contributed by atoms with E-state index in [0.717, 1.165) is 27.9 Å². The van der Waals surface area contributed by atoms with Gasteiger partial charge >= 0.3 is 5.97 Å². The normalized spacial score (nSPS) is 11.5. The summed E-state index contributed by atoms with van der Waals surface area (Å²) in [6.07, 6.45) is 0. The van der Waals surface area contributed by atoms with E-state index in [4.69, 9.17) is 4.74 Å². The van der Waals surface area contributed by atoms with Crippen molar-refractivity contribution in [1.29, 1.82) is 0 Å². The van der Waals surface area contributed by atoms with Gasteiger partial charge in [-0.15, -0.1) is 10.2 Å². The zero-order valence-electron chi connectivity index (χ0n) is 20.8. The molecule has 0 radical (unpaired) electrons. The molecular weight excluding hydrogens is 484 g/mol. The Balaban J connectivity index is 1.21. The number of azo groups is 2. The number of ether oxygens (including phenoxy) is 1. The van der Waals surface area contributed by atoms with E-state index in [1.807, 2.05) is 97.1 Å². The van der Waals surface area contributed by atoms with Crippen LogP contribution in [-0.2, 0) is 0 Å². The highest BCUT2D eigenvalue weighted by Crippen LogP contribution is 2.43. The van der Waals surface area contributed by atoms with Crippen LogP contribution >= 0.6 is 0 Å². The number of fused-ring (bicyclic) bond motifs is 2. The van der Waals surface area contributed by atoms with Gasteiger partial charge in [0.2, 0.25) is 0 Å². The van der Waals surface area contributed by atoms with E-state index in [9.17, 15) is 4.79 Å². The third-order valence-corrected chi connectivity index (χ3v) is 6.22. The maximum atomic E-state index is 12.7. The first kappa shape index (κ1) is 23.9. The lowest BCUT2D eigenvalue weighted by molar-refractivity contribution is 0.0736. The predicted molar refractivity (Wildman–Crippen MR) is 152 cm³/mol. The van der Waals surface area contributed by atoms with E-state index in [-0.39, 0.29) is 0 Å². The van der Waals surface area contributed by atoms with Crippen molar-refractivity contribution in [2.75, 3.05) is 0 Å². The van der Waals surface area contributed by atoms with Crippen molar-refractivity contribution < 1.29 is 9.53 Å². The fourth-order valence-electron chi connectivity index (χ4n) is 4.26. The van der Waals surface area contributed by atoms with E-state index in [0.29, 0.717) is 28.4 Å². The second-order valence-electron chi connectivity index (χ2n) is 8.80. The van der Waals surface area contributed by atoms with E-state index in [1.165, 1.54) is 0 Å². The van der Waals surface area contributed by atoms with Crippen molar-refractivity contribution in [2.24, 2.45) is 20.5 Å². The van der Waals surface area contributed by atoms with Gasteiger partial charge in [0.15, 0.2) is 0 Å². The molecule has 4 aliphatic rings. The van der Waals surface area contributed by atoms with Gasteiger partial charge in [0.05, 0.1) is 28.3 Å². The SMILES string of the molecule is O=C(Oc1cc(N=Nc2ccc(N=Nc3ccc4cccccc3-4)cc2)c2cccccc1-2)c1ccccc1. The van der Waals surface area contributed by atoms with E-state index >= 15 is 0 Å². The van der Waals surface area contributed by atoms with Gasteiger partial charge in [0.1, 0.15) is 5.75 Å². The number of esters is 1. The summed E-state index contributed by atoms with van der Waals surface area (Å²) >= 11 is 0. The van der Waals surface area contributed by atoms with Crippen LogP contribution in [0.2, 0.25) is 0 Å². The minimum absolute atomic E-state index is 0.425. The van der Waals surface area contributed by atoms with Crippen molar-refractivity contribution in [2.45, 2.75) is 0 Å². The zero-order valence-corrected chi connectivity index (χ0v) is 20.8. The molecular formula is C33H22N4O2. The molecule has 6 rings (SSSR count). The minimum Gasteiger partial charge on any atom is -0.422 e. The highest BCUT2D eigenvalue weighted by atomic mass is 16.5. The molecule has 4 aliphatic carbocycles. The first-order valence-electron chi connectivity index (χ1n) is 12.4. The van der Waals surface area contributed by atoms with Crippen LogP contribution in [0.1, 0.15) is 10.4 Å². The number of hydrogen-bond acceptors (Lipinski definition) is 6. The number of nitrogens with zero attached hydrogens (tertiary/aromatic N) is 4. The zero-order chi connectivity index (χ0) is 26.4. The largest absolute Gasteiger partial charge is 0.422 e. The molecule has 39 heavy (non-hydrogen) atoms. The monoisotopic (exact) mass is 506 g/mol. The summed E-state index contributed by atoms with van der Waals surface area (Å²) in [7, 11) is 0. The first-order valence-corrected chi connectivity index (χ1v) is 12.4. The van der Waals surface area contributed by atoms with Crippen LogP contribution < -0.4 is 4.74 Å². The third-order valence-electron chi connectivity index (χ3n) is 6.22.